The van der Waals surface area contributed by atoms with E-state index >= 15 is 0 Å². The molecule has 0 bridgehead atoms. The first-order chi connectivity index (χ1) is 13.5. The zero-order valence-electron chi connectivity index (χ0n) is 16.8. The van der Waals surface area contributed by atoms with Crippen LogP contribution in [0, 0.1) is 5.82 Å². The van der Waals surface area contributed by atoms with E-state index in [2.05, 4.69) is 29.4 Å². The Morgan fingerprint density at radius 3 is 2.71 bits per heavy atom. The zero-order chi connectivity index (χ0) is 20.1. The van der Waals surface area contributed by atoms with E-state index in [0.717, 1.165) is 35.0 Å². The molecule has 3 aromatic rings. The fourth-order valence-corrected chi connectivity index (χ4v) is 3.63. The summed E-state index contributed by atoms with van der Waals surface area (Å²) in [6.07, 6.45) is 3.17. The summed E-state index contributed by atoms with van der Waals surface area (Å²) in [7, 11) is 3.94. The van der Waals surface area contributed by atoms with Crippen molar-refractivity contribution >= 4 is 16.8 Å². The molecular formula is C23H28FN3O. The lowest BCUT2D eigenvalue weighted by Crippen LogP contribution is -2.32. The number of rotatable bonds is 8. The summed E-state index contributed by atoms with van der Waals surface area (Å²) >= 11 is 0. The molecule has 3 rings (SSSR count). The molecule has 0 aliphatic rings. The van der Waals surface area contributed by atoms with E-state index < -0.39 is 0 Å². The normalized spacial score (nSPS) is 12.5. The zero-order valence-corrected chi connectivity index (χ0v) is 16.8. The lowest BCUT2D eigenvalue weighted by molar-refractivity contribution is -0.121. The van der Waals surface area contributed by atoms with Crippen molar-refractivity contribution in [2.45, 2.75) is 25.7 Å². The topological polar surface area (TPSA) is 48.1 Å². The summed E-state index contributed by atoms with van der Waals surface area (Å²) in [5, 5.41) is 4.07. The third-order valence-corrected chi connectivity index (χ3v) is 5.11. The van der Waals surface area contributed by atoms with Crippen molar-refractivity contribution in [1.82, 2.24) is 15.2 Å². The molecule has 0 radical (unpaired) electrons. The van der Waals surface area contributed by atoms with E-state index in [1.807, 2.05) is 37.3 Å². The van der Waals surface area contributed by atoms with Gasteiger partial charge in [-0.05, 0) is 49.3 Å². The van der Waals surface area contributed by atoms with Crippen LogP contribution in [0.25, 0.3) is 10.9 Å². The van der Waals surface area contributed by atoms with E-state index in [4.69, 9.17) is 0 Å². The number of aromatic nitrogens is 1. The minimum Gasteiger partial charge on any atom is -0.361 e. The highest BCUT2D eigenvalue weighted by Gasteiger charge is 2.22. The highest BCUT2D eigenvalue weighted by molar-refractivity contribution is 5.88. The molecule has 0 aliphatic carbocycles. The first-order valence-electron chi connectivity index (χ1n) is 9.75. The van der Waals surface area contributed by atoms with Gasteiger partial charge in [0, 0.05) is 42.5 Å². The number of para-hydroxylation sites is 1. The molecule has 148 valence electrons. The maximum absolute atomic E-state index is 13.9. The van der Waals surface area contributed by atoms with Gasteiger partial charge in [0.05, 0.1) is 0 Å². The van der Waals surface area contributed by atoms with E-state index in [1.165, 1.54) is 17.7 Å². The lowest BCUT2D eigenvalue weighted by Gasteiger charge is -2.18. The van der Waals surface area contributed by atoms with Crippen LogP contribution in [0.5, 0.6) is 0 Å². The number of nitrogens with zero attached hydrogens (tertiary/aromatic N) is 1. The second-order valence-electron chi connectivity index (χ2n) is 7.40. The second-order valence-corrected chi connectivity index (χ2v) is 7.40. The average Bonchev–Trinajstić information content (AvgIpc) is 3.09. The van der Waals surface area contributed by atoms with Gasteiger partial charge in [0.25, 0.3) is 0 Å². The van der Waals surface area contributed by atoms with Gasteiger partial charge >= 0.3 is 0 Å². The van der Waals surface area contributed by atoms with Crippen molar-refractivity contribution in [3.05, 3.63) is 71.2 Å². The van der Waals surface area contributed by atoms with Crippen LogP contribution in [0.1, 0.15) is 36.0 Å². The molecule has 4 nitrogen and oxygen atoms in total. The number of hydrogen-bond donors (Lipinski definition) is 2. The third-order valence-electron chi connectivity index (χ3n) is 5.11. The first-order valence-corrected chi connectivity index (χ1v) is 9.75. The summed E-state index contributed by atoms with van der Waals surface area (Å²) in [4.78, 5) is 18.0. The molecule has 2 N–H and O–H groups in total. The van der Waals surface area contributed by atoms with Crippen LogP contribution in [0.3, 0.4) is 0 Å². The minimum absolute atomic E-state index is 0.0305. The van der Waals surface area contributed by atoms with Crippen molar-refractivity contribution in [2.75, 3.05) is 27.2 Å². The largest absolute Gasteiger partial charge is 0.361 e. The molecule has 0 saturated heterocycles. The quantitative estimate of drug-likeness (QED) is 0.618. The molecule has 1 amide bonds. The molecule has 2 aromatic carbocycles. The number of aromatic amines is 1. The maximum atomic E-state index is 13.9. The number of nitrogens with one attached hydrogen (secondary N) is 2. The van der Waals surface area contributed by atoms with Gasteiger partial charge < -0.3 is 15.2 Å². The van der Waals surface area contributed by atoms with E-state index in [1.54, 1.807) is 6.07 Å². The van der Waals surface area contributed by atoms with Gasteiger partial charge in [0.15, 0.2) is 0 Å². The molecule has 0 fully saturated rings. The highest BCUT2D eigenvalue weighted by atomic mass is 19.1. The summed E-state index contributed by atoms with van der Waals surface area (Å²) in [5.74, 6) is -0.530. The first kappa shape index (κ1) is 20.1. The number of likely N-dealkylation sites (N-methyl/N-ethyl adjacent to an activating group) is 1. The number of halogens is 1. The second kappa shape index (κ2) is 9.02. The molecule has 0 spiro atoms. The van der Waals surface area contributed by atoms with Crippen molar-refractivity contribution in [2.24, 2.45) is 0 Å². The molecule has 1 aromatic heterocycles. The van der Waals surface area contributed by atoms with Crippen LogP contribution in [-0.2, 0) is 11.2 Å². The Labute approximate surface area is 165 Å². The van der Waals surface area contributed by atoms with Gasteiger partial charge in [0.1, 0.15) is 5.82 Å². The van der Waals surface area contributed by atoms with Crippen molar-refractivity contribution in [3.8, 4) is 0 Å². The SMILES string of the molecule is CCc1cccc2c([C@@H](CC(=O)NCCN(C)C)c3cccc(F)c3)c[nH]c12. The van der Waals surface area contributed by atoms with Crippen LogP contribution < -0.4 is 5.32 Å². The molecule has 0 aliphatic heterocycles. The number of carbonyl (C=O) groups excluding carboxylic acids is 1. The van der Waals surface area contributed by atoms with Crippen molar-refractivity contribution in [1.29, 1.82) is 0 Å². The number of aryl methyl sites for hydroxylation is 1. The highest BCUT2D eigenvalue weighted by Crippen LogP contribution is 2.34. The number of benzene rings is 2. The van der Waals surface area contributed by atoms with Gasteiger partial charge in [-0.2, -0.15) is 0 Å². The molecule has 0 saturated carbocycles. The average molecular weight is 381 g/mol. The van der Waals surface area contributed by atoms with E-state index in [0.29, 0.717) is 6.54 Å². The Morgan fingerprint density at radius 1 is 1.21 bits per heavy atom. The summed E-state index contributed by atoms with van der Waals surface area (Å²) in [6, 6.07) is 12.8. The van der Waals surface area contributed by atoms with E-state index in [-0.39, 0.29) is 24.1 Å². The smallest absolute Gasteiger partial charge is 0.220 e. The fourth-order valence-electron chi connectivity index (χ4n) is 3.63. The summed E-state index contributed by atoms with van der Waals surface area (Å²) in [5.41, 5.74) is 4.16. The van der Waals surface area contributed by atoms with Gasteiger partial charge in [0.2, 0.25) is 5.91 Å². The monoisotopic (exact) mass is 381 g/mol. The number of carbonyl (C=O) groups is 1. The van der Waals surface area contributed by atoms with Crippen LogP contribution in [0.15, 0.2) is 48.7 Å². The Balaban J connectivity index is 1.94. The number of H-pyrrole nitrogens is 1. The van der Waals surface area contributed by atoms with Crippen molar-refractivity contribution in [3.63, 3.8) is 0 Å². The Kier molecular flexibility index (Phi) is 6.47. The Bertz CT molecular complexity index is 948. The van der Waals surface area contributed by atoms with Crippen LogP contribution in [-0.4, -0.2) is 43.0 Å². The van der Waals surface area contributed by atoms with Gasteiger partial charge in [-0.3, -0.25) is 4.79 Å². The minimum atomic E-state index is -0.287. The number of fused-ring (bicyclic) bond motifs is 1. The van der Waals surface area contributed by atoms with Gasteiger partial charge in [-0.25, -0.2) is 4.39 Å². The molecule has 5 heteroatoms. The van der Waals surface area contributed by atoms with Crippen molar-refractivity contribution < 1.29 is 9.18 Å². The molecular weight excluding hydrogens is 353 g/mol. The van der Waals surface area contributed by atoms with Gasteiger partial charge in [-0.1, -0.05) is 37.3 Å². The van der Waals surface area contributed by atoms with Crippen LogP contribution >= 0.6 is 0 Å². The number of amides is 1. The summed E-state index contributed by atoms with van der Waals surface area (Å²) in [6.45, 7) is 3.50. The molecule has 28 heavy (non-hydrogen) atoms. The predicted molar refractivity (Wildman–Crippen MR) is 112 cm³/mol. The molecule has 0 unspecified atom stereocenters. The van der Waals surface area contributed by atoms with Gasteiger partial charge in [-0.15, -0.1) is 0 Å². The Morgan fingerprint density at radius 2 is 2.00 bits per heavy atom. The Hall–Kier alpha value is -2.66. The third kappa shape index (κ3) is 4.60. The number of hydrogen-bond acceptors (Lipinski definition) is 2. The van der Waals surface area contributed by atoms with Crippen LogP contribution in [0.2, 0.25) is 0 Å². The predicted octanol–water partition coefficient (Wildman–Crippen LogP) is 4.07. The maximum Gasteiger partial charge on any atom is 0.220 e. The standard InChI is InChI=1S/C23H28FN3O/c1-4-16-7-6-10-19-21(15-26-23(16)19)20(17-8-5-9-18(24)13-17)14-22(28)25-11-12-27(2)3/h5-10,13,15,20,26H,4,11-12,14H2,1-3H3,(H,25,28)/t20-/m0/s1. The lowest BCUT2D eigenvalue weighted by atomic mass is 9.87. The van der Waals surface area contributed by atoms with E-state index in [9.17, 15) is 9.18 Å². The molecule has 1 heterocycles. The van der Waals surface area contributed by atoms with Crippen LogP contribution in [0.4, 0.5) is 4.39 Å². The fraction of sp³-hybridized carbons (Fsp3) is 0.348. The molecule has 1 atom stereocenters. The summed E-state index contributed by atoms with van der Waals surface area (Å²) < 4.78 is 13.9.